The molecule has 6 nitrogen and oxygen atoms in total. The molecule has 7 heteroatoms. The minimum Gasteiger partial charge on any atom is -0.377 e. The summed E-state index contributed by atoms with van der Waals surface area (Å²) in [6.07, 6.45) is 2.72. The van der Waals surface area contributed by atoms with E-state index < -0.39 is 0 Å². The van der Waals surface area contributed by atoms with Crippen LogP contribution in [0.1, 0.15) is 28.2 Å². The first-order valence-corrected chi connectivity index (χ1v) is 11.2. The fraction of sp³-hybridized carbons (Fsp3) is 0.455. The van der Waals surface area contributed by atoms with E-state index in [2.05, 4.69) is 10.00 Å². The van der Waals surface area contributed by atoms with E-state index in [9.17, 15) is 4.79 Å². The third kappa shape index (κ3) is 3.70. The first-order chi connectivity index (χ1) is 14.2. The van der Waals surface area contributed by atoms with E-state index in [0.717, 1.165) is 65.8 Å². The third-order valence-electron chi connectivity index (χ3n) is 5.90. The van der Waals surface area contributed by atoms with Crippen LogP contribution < -0.4 is 0 Å². The Bertz CT molecular complexity index is 999. The van der Waals surface area contributed by atoms with Crippen molar-refractivity contribution >= 4 is 27.5 Å². The molecular weight excluding hydrogens is 384 g/mol. The molecule has 5 rings (SSSR count). The van der Waals surface area contributed by atoms with Crippen LogP contribution in [-0.4, -0.2) is 70.9 Å². The first-order valence-electron chi connectivity index (χ1n) is 10.4. The van der Waals surface area contributed by atoms with Crippen molar-refractivity contribution in [3.8, 4) is 5.69 Å². The smallest absolute Gasteiger partial charge is 0.264 e. The van der Waals surface area contributed by atoms with Gasteiger partial charge >= 0.3 is 0 Å². The van der Waals surface area contributed by atoms with Crippen molar-refractivity contribution in [1.82, 2.24) is 19.6 Å². The van der Waals surface area contributed by atoms with Crippen molar-refractivity contribution in [2.24, 2.45) is 0 Å². The number of hydrogen-bond acceptors (Lipinski definition) is 5. The maximum atomic E-state index is 13.1. The van der Waals surface area contributed by atoms with Gasteiger partial charge in [0.05, 0.1) is 22.4 Å². The van der Waals surface area contributed by atoms with Gasteiger partial charge in [-0.1, -0.05) is 18.2 Å². The zero-order chi connectivity index (χ0) is 19.8. The number of fused-ring (bicyclic) bond motifs is 1. The van der Waals surface area contributed by atoms with Gasteiger partial charge in [0.1, 0.15) is 4.83 Å². The summed E-state index contributed by atoms with van der Waals surface area (Å²) >= 11 is 1.54. The fourth-order valence-corrected chi connectivity index (χ4v) is 5.41. The van der Waals surface area contributed by atoms with Gasteiger partial charge in [0.2, 0.25) is 0 Å². The topological polar surface area (TPSA) is 50.6 Å². The molecule has 2 aliphatic heterocycles. The summed E-state index contributed by atoms with van der Waals surface area (Å²) in [6.45, 7) is 7.31. The number of carbonyl (C=O) groups excluding carboxylic acids is 1. The summed E-state index contributed by atoms with van der Waals surface area (Å²) in [5.74, 6) is 0.141. The van der Waals surface area contributed by atoms with Crippen LogP contribution >= 0.6 is 11.3 Å². The molecule has 29 heavy (non-hydrogen) atoms. The molecule has 2 aliphatic rings. The number of aromatic nitrogens is 2. The first kappa shape index (κ1) is 18.8. The number of ether oxygens (including phenoxy) is 1. The fourth-order valence-electron chi connectivity index (χ4n) is 4.26. The molecule has 0 aliphatic carbocycles. The molecule has 0 bridgehead atoms. The van der Waals surface area contributed by atoms with Gasteiger partial charge in [-0.25, -0.2) is 4.68 Å². The van der Waals surface area contributed by atoms with Crippen molar-refractivity contribution in [3.05, 3.63) is 47.0 Å². The minimum absolute atomic E-state index is 0.141. The molecule has 152 valence electrons. The highest BCUT2D eigenvalue weighted by Crippen LogP contribution is 2.31. The molecule has 2 fully saturated rings. The molecule has 0 saturated carbocycles. The number of nitrogens with zero attached hydrogens (tertiary/aromatic N) is 4. The van der Waals surface area contributed by atoms with E-state index in [0.29, 0.717) is 6.10 Å². The summed E-state index contributed by atoms with van der Waals surface area (Å²) in [6, 6.07) is 12.1. The predicted octanol–water partition coefficient (Wildman–Crippen LogP) is 3.33. The summed E-state index contributed by atoms with van der Waals surface area (Å²) in [4.78, 5) is 19.4. The highest BCUT2D eigenvalue weighted by molar-refractivity contribution is 7.20. The molecule has 0 radical (unpaired) electrons. The number of rotatable bonds is 4. The summed E-state index contributed by atoms with van der Waals surface area (Å²) in [7, 11) is 0. The second-order valence-electron chi connectivity index (χ2n) is 7.89. The van der Waals surface area contributed by atoms with Crippen LogP contribution in [-0.2, 0) is 4.74 Å². The molecule has 0 N–H and O–H groups in total. The second-order valence-corrected chi connectivity index (χ2v) is 8.92. The lowest BCUT2D eigenvalue weighted by atomic mass is 10.2. The molecule has 3 aromatic rings. The monoisotopic (exact) mass is 410 g/mol. The van der Waals surface area contributed by atoms with Gasteiger partial charge in [-0.05, 0) is 38.0 Å². The molecular formula is C22H26N4O2S. The lowest BCUT2D eigenvalue weighted by Gasteiger charge is -2.35. The van der Waals surface area contributed by atoms with E-state index in [1.165, 1.54) is 12.8 Å². The van der Waals surface area contributed by atoms with Gasteiger partial charge in [0.15, 0.2) is 0 Å². The SMILES string of the molecule is Cc1nn(-c2ccccc2)c2sc(C(=O)N3CCN(C[C@@H]4CCCO4)CC3)cc12. The van der Waals surface area contributed by atoms with Crippen LogP contribution in [0.15, 0.2) is 36.4 Å². The van der Waals surface area contributed by atoms with E-state index in [4.69, 9.17) is 4.74 Å². The molecule has 2 aromatic heterocycles. The van der Waals surface area contributed by atoms with Gasteiger partial charge in [0, 0.05) is 44.7 Å². The molecule has 1 amide bonds. The Kier molecular flexibility index (Phi) is 5.11. The van der Waals surface area contributed by atoms with Gasteiger partial charge in [-0.15, -0.1) is 11.3 Å². The molecule has 1 atom stereocenters. The van der Waals surface area contributed by atoms with Gasteiger partial charge < -0.3 is 9.64 Å². The summed E-state index contributed by atoms with van der Waals surface area (Å²) in [5.41, 5.74) is 1.98. The molecule has 1 aromatic carbocycles. The average Bonchev–Trinajstić information content (AvgIpc) is 3.48. The number of benzene rings is 1. The highest BCUT2D eigenvalue weighted by atomic mass is 32.1. The Balaban J connectivity index is 1.30. The standard InChI is InChI=1S/C22H26N4O2S/c1-16-19-14-20(29-22(19)26(23-16)17-6-3-2-4-7-17)21(27)25-11-9-24(10-12-25)15-18-8-5-13-28-18/h2-4,6-7,14,18H,5,8-13,15H2,1H3/t18-/m0/s1. The predicted molar refractivity (Wildman–Crippen MR) is 115 cm³/mol. The number of hydrogen-bond donors (Lipinski definition) is 0. The maximum absolute atomic E-state index is 13.1. The number of carbonyl (C=O) groups is 1. The summed E-state index contributed by atoms with van der Waals surface area (Å²) in [5, 5.41) is 5.74. The van der Waals surface area contributed by atoms with E-state index in [1.807, 2.05) is 52.9 Å². The van der Waals surface area contributed by atoms with Gasteiger partial charge in [-0.3, -0.25) is 9.69 Å². The van der Waals surface area contributed by atoms with E-state index in [1.54, 1.807) is 11.3 Å². The Hall–Kier alpha value is -2.22. The Morgan fingerprint density at radius 2 is 2.00 bits per heavy atom. The maximum Gasteiger partial charge on any atom is 0.264 e. The number of para-hydroxylation sites is 1. The van der Waals surface area contributed by atoms with Gasteiger partial charge in [-0.2, -0.15) is 5.10 Å². The van der Waals surface area contributed by atoms with Crippen LogP contribution in [0.4, 0.5) is 0 Å². The molecule has 0 spiro atoms. The molecule has 4 heterocycles. The Labute approximate surface area is 174 Å². The van der Waals surface area contributed by atoms with Crippen LogP contribution in [0.2, 0.25) is 0 Å². The quantitative estimate of drug-likeness (QED) is 0.662. The van der Waals surface area contributed by atoms with Crippen molar-refractivity contribution in [1.29, 1.82) is 0 Å². The van der Waals surface area contributed by atoms with Gasteiger partial charge in [0.25, 0.3) is 5.91 Å². The third-order valence-corrected chi connectivity index (χ3v) is 7.00. The largest absolute Gasteiger partial charge is 0.377 e. The number of amides is 1. The average molecular weight is 411 g/mol. The lowest BCUT2D eigenvalue weighted by Crippen LogP contribution is -2.50. The zero-order valence-electron chi connectivity index (χ0n) is 16.7. The highest BCUT2D eigenvalue weighted by Gasteiger charge is 2.27. The number of piperazine rings is 1. The van der Waals surface area contributed by atoms with E-state index >= 15 is 0 Å². The van der Waals surface area contributed by atoms with Crippen molar-refractivity contribution < 1.29 is 9.53 Å². The van der Waals surface area contributed by atoms with Crippen LogP contribution in [0, 0.1) is 6.92 Å². The zero-order valence-corrected chi connectivity index (χ0v) is 17.5. The van der Waals surface area contributed by atoms with Crippen LogP contribution in [0.25, 0.3) is 15.9 Å². The number of thiophene rings is 1. The lowest BCUT2D eigenvalue weighted by molar-refractivity contribution is 0.0435. The second kappa shape index (κ2) is 7.89. The van der Waals surface area contributed by atoms with Crippen LogP contribution in [0.5, 0.6) is 0 Å². The molecule has 2 saturated heterocycles. The van der Waals surface area contributed by atoms with Crippen molar-refractivity contribution in [2.75, 3.05) is 39.3 Å². The Morgan fingerprint density at radius 3 is 2.72 bits per heavy atom. The van der Waals surface area contributed by atoms with Crippen molar-refractivity contribution in [2.45, 2.75) is 25.9 Å². The molecule has 0 unspecified atom stereocenters. The van der Waals surface area contributed by atoms with E-state index in [-0.39, 0.29) is 5.91 Å². The minimum atomic E-state index is 0.141. The normalized spacial score (nSPS) is 20.6. The van der Waals surface area contributed by atoms with Crippen molar-refractivity contribution in [3.63, 3.8) is 0 Å². The summed E-state index contributed by atoms with van der Waals surface area (Å²) < 4.78 is 7.70. The van der Waals surface area contributed by atoms with Crippen LogP contribution in [0.3, 0.4) is 0 Å². The number of aryl methyl sites for hydroxylation is 1. The Morgan fingerprint density at radius 1 is 1.21 bits per heavy atom.